The van der Waals surface area contributed by atoms with Crippen molar-refractivity contribution in [2.24, 2.45) is 0 Å². The lowest BCUT2D eigenvalue weighted by Crippen LogP contribution is -2.11. The summed E-state index contributed by atoms with van der Waals surface area (Å²) in [6, 6.07) is 11.6. The van der Waals surface area contributed by atoms with Crippen molar-refractivity contribution in [3.63, 3.8) is 0 Å². The van der Waals surface area contributed by atoms with Crippen LogP contribution in [-0.4, -0.2) is 7.05 Å². The molecule has 2 aromatic carbocycles. The molecule has 2 N–H and O–H groups in total. The number of anilines is 3. The standard InChI is InChI=1S/C13H12ClFN2/c1-17(10-7-5-9(15)6-8-10)12-4-2-3-11(14)13(12)16/h2-8H,16H2,1H3. The van der Waals surface area contributed by atoms with Crippen LogP contribution in [0.3, 0.4) is 0 Å². The highest BCUT2D eigenvalue weighted by atomic mass is 35.5. The molecule has 17 heavy (non-hydrogen) atoms. The van der Waals surface area contributed by atoms with E-state index in [1.807, 2.05) is 24.1 Å². The third kappa shape index (κ3) is 2.34. The van der Waals surface area contributed by atoms with Crippen LogP contribution in [0.2, 0.25) is 5.02 Å². The lowest BCUT2D eigenvalue weighted by atomic mass is 10.2. The fourth-order valence-electron chi connectivity index (χ4n) is 1.62. The van der Waals surface area contributed by atoms with Crippen LogP contribution in [0.5, 0.6) is 0 Å². The lowest BCUT2D eigenvalue weighted by molar-refractivity contribution is 0.628. The van der Waals surface area contributed by atoms with Crippen LogP contribution < -0.4 is 10.6 Å². The Hall–Kier alpha value is -1.74. The van der Waals surface area contributed by atoms with Gasteiger partial charge in [-0.25, -0.2) is 4.39 Å². The van der Waals surface area contributed by atoms with Gasteiger partial charge in [-0.2, -0.15) is 0 Å². The van der Waals surface area contributed by atoms with Crippen LogP contribution in [0.25, 0.3) is 0 Å². The van der Waals surface area contributed by atoms with E-state index in [0.717, 1.165) is 11.4 Å². The Morgan fingerprint density at radius 3 is 2.41 bits per heavy atom. The molecule has 0 spiro atoms. The Bertz CT molecular complexity index is 525. The molecule has 0 bridgehead atoms. The fraction of sp³-hybridized carbons (Fsp3) is 0.0769. The fourth-order valence-corrected chi connectivity index (χ4v) is 1.79. The zero-order valence-corrected chi connectivity index (χ0v) is 10.1. The van der Waals surface area contributed by atoms with Crippen LogP contribution >= 0.6 is 11.6 Å². The van der Waals surface area contributed by atoms with Gasteiger partial charge in [0.25, 0.3) is 0 Å². The van der Waals surface area contributed by atoms with Gasteiger partial charge in [-0.15, -0.1) is 0 Å². The summed E-state index contributed by atoms with van der Waals surface area (Å²) in [5, 5.41) is 0.511. The van der Waals surface area contributed by atoms with E-state index in [1.54, 1.807) is 18.2 Å². The maximum absolute atomic E-state index is 12.8. The topological polar surface area (TPSA) is 29.3 Å². The van der Waals surface area contributed by atoms with E-state index in [-0.39, 0.29) is 5.82 Å². The maximum Gasteiger partial charge on any atom is 0.123 e. The summed E-state index contributed by atoms with van der Waals surface area (Å²) < 4.78 is 12.8. The molecule has 88 valence electrons. The molecule has 2 aromatic rings. The molecular formula is C13H12ClFN2. The van der Waals surface area contributed by atoms with Crippen LogP contribution in [0.4, 0.5) is 21.5 Å². The number of hydrogen-bond donors (Lipinski definition) is 1. The molecule has 2 rings (SSSR count). The van der Waals surface area contributed by atoms with Crippen molar-refractivity contribution in [1.82, 2.24) is 0 Å². The molecule has 0 saturated heterocycles. The van der Waals surface area contributed by atoms with E-state index >= 15 is 0 Å². The number of hydrogen-bond acceptors (Lipinski definition) is 2. The first kappa shape index (κ1) is 11.7. The summed E-state index contributed by atoms with van der Waals surface area (Å²) in [5.41, 5.74) is 8.06. The summed E-state index contributed by atoms with van der Waals surface area (Å²) in [4.78, 5) is 1.86. The number of para-hydroxylation sites is 1. The van der Waals surface area contributed by atoms with Crippen LogP contribution in [0, 0.1) is 5.82 Å². The van der Waals surface area contributed by atoms with Gasteiger partial charge in [0.15, 0.2) is 0 Å². The normalized spacial score (nSPS) is 10.3. The molecule has 0 aromatic heterocycles. The van der Waals surface area contributed by atoms with Gasteiger partial charge in [-0.05, 0) is 36.4 Å². The van der Waals surface area contributed by atoms with Gasteiger partial charge in [0.05, 0.1) is 16.4 Å². The van der Waals surface area contributed by atoms with Crippen molar-refractivity contribution in [3.05, 3.63) is 53.3 Å². The van der Waals surface area contributed by atoms with Crippen molar-refractivity contribution < 1.29 is 4.39 Å². The van der Waals surface area contributed by atoms with Crippen molar-refractivity contribution in [2.75, 3.05) is 17.7 Å². The SMILES string of the molecule is CN(c1ccc(F)cc1)c1cccc(Cl)c1N. The Morgan fingerprint density at radius 1 is 1.12 bits per heavy atom. The number of rotatable bonds is 2. The van der Waals surface area contributed by atoms with E-state index in [2.05, 4.69) is 0 Å². The number of nitrogens with zero attached hydrogens (tertiary/aromatic N) is 1. The highest BCUT2D eigenvalue weighted by Crippen LogP contribution is 2.33. The molecule has 4 heteroatoms. The van der Waals surface area contributed by atoms with Gasteiger partial charge >= 0.3 is 0 Å². The molecule has 0 atom stereocenters. The predicted octanol–water partition coefficient (Wildman–Crippen LogP) is 3.83. The summed E-state index contributed by atoms with van der Waals surface area (Å²) in [6.07, 6.45) is 0. The second-order valence-corrected chi connectivity index (χ2v) is 4.12. The largest absolute Gasteiger partial charge is 0.396 e. The number of nitrogen functional groups attached to an aromatic ring is 1. The van der Waals surface area contributed by atoms with E-state index in [0.29, 0.717) is 10.7 Å². The number of benzene rings is 2. The summed E-state index contributed by atoms with van der Waals surface area (Å²) in [6.45, 7) is 0. The van der Waals surface area contributed by atoms with Crippen molar-refractivity contribution in [2.45, 2.75) is 0 Å². The van der Waals surface area contributed by atoms with Crippen LogP contribution in [0.15, 0.2) is 42.5 Å². The third-order valence-electron chi connectivity index (χ3n) is 2.61. The molecule has 0 aliphatic heterocycles. The van der Waals surface area contributed by atoms with E-state index in [1.165, 1.54) is 12.1 Å². The zero-order valence-electron chi connectivity index (χ0n) is 9.32. The molecule has 0 unspecified atom stereocenters. The molecule has 0 amide bonds. The smallest absolute Gasteiger partial charge is 0.123 e. The summed E-state index contributed by atoms with van der Waals surface area (Å²) in [7, 11) is 1.86. The second kappa shape index (κ2) is 4.63. The van der Waals surface area contributed by atoms with E-state index in [4.69, 9.17) is 17.3 Å². The highest BCUT2D eigenvalue weighted by Gasteiger charge is 2.09. The Morgan fingerprint density at radius 2 is 1.76 bits per heavy atom. The molecule has 2 nitrogen and oxygen atoms in total. The van der Waals surface area contributed by atoms with Crippen molar-refractivity contribution in [1.29, 1.82) is 0 Å². The Labute approximate surface area is 104 Å². The number of nitrogens with two attached hydrogens (primary N) is 1. The van der Waals surface area contributed by atoms with Crippen molar-refractivity contribution >= 4 is 28.7 Å². The molecular weight excluding hydrogens is 239 g/mol. The van der Waals surface area contributed by atoms with Gasteiger partial charge in [-0.1, -0.05) is 17.7 Å². The molecule has 0 aliphatic rings. The summed E-state index contributed by atoms with van der Waals surface area (Å²) in [5.74, 6) is -0.263. The Kier molecular flexibility index (Phi) is 3.20. The highest BCUT2D eigenvalue weighted by molar-refractivity contribution is 6.33. The molecule has 0 fully saturated rings. The average molecular weight is 251 g/mol. The van der Waals surface area contributed by atoms with Gasteiger partial charge in [0.1, 0.15) is 5.82 Å². The molecule has 0 heterocycles. The first-order valence-electron chi connectivity index (χ1n) is 5.13. The quantitative estimate of drug-likeness (QED) is 0.821. The lowest BCUT2D eigenvalue weighted by Gasteiger charge is -2.21. The average Bonchev–Trinajstić information content (AvgIpc) is 2.33. The van der Waals surface area contributed by atoms with Crippen LogP contribution in [-0.2, 0) is 0 Å². The molecule has 0 saturated carbocycles. The van der Waals surface area contributed by atoms with Crippen LogP contribution in [0.1, 0.15) is 0 Å². The first-order valence-corrected chi connectivity index (χ1v) is 5.50. The molecule has 0 aliphatic carbocycles. The second-order valence-electron chi connectivity index (χ2n) is 3.71. The van der Waals surface area contributed by atoms with E-state index in [9.17, 15) is 4.39 Å². The van der Waals surface area contributed by atoms with Crippen molar-refractivity contribution in [3.8, 4) is 0 Å². The maximum atomic E-state index is 12.8. The van der Waals surface area contributed by atoms with Gasteiger partial charge in [0.2, 0.25) is 0 Å². The molecule has 0 radical (unpaired) electrons. The van der Waals surface area contributed by atoms with E-state index < -0.39 is 0 Å². The predicted molar refractivity (Wildman–Crippen MR) is 70.3 cm³/mol. The third-order valence-corrected chi connectivity index (χ3v) is 2.93. The zero-order chi connectivity index (χ0) is 12.4. The van der Waals surface area contributed by atoms with Gasteiger partial charge < -0.3 is 10.6 Å². The summed E-state index contributed by atoms with van der Waals surface area (Å²) >= 11 is 5.96. The minimum absolute atomic E-state index is 0.263. The minimum Gasteiger partial charge on any atom is -0.396 e. The Balaban J connectivity index is 2.40. The number of halogens is 2. The monoisotopic (exact) mass is 250 g/mol. The van der Waals surface area contributed by atoms with Gasteiger partial charge in [-0.3, -0.25) is 0 Å². The van der Waals surface area contributed by atoms with Gasteiger partial charge in [0, 0.05) is 12.7 Å². The minimum atomic E-state index is -0.263. The first-order chi connectivity index (χ1) is 8.09.